The molecule has 5 heteroatoms. The Hall–Kier alpha value is -2.53. The molecule has 4 rings (SSSR count). The van der Waals surface area contributed by atoms with Crippen molar-refractivity contribution in [2.75, 3.05) is 5.32 Å². The Morgan fingerprint density at radius 3 is 2.73 bits per heavy atom. The molecule has 0 spiro atoms. The number of nitrogens with one attached hydrogen (secondary N) is 1. The van der Waals surface area contributed by atoms with Crippen LogP contribution in [0.2, 0.25) is 0 Å². The molecule has 3 aromatic rings. The molecule has 4 nitrogen and oxygen atoms in total. The van der Waals surface area contributed by atoms with Crippen molar-refractivity contribution < 1.29 is 4.79 Å². The molecule has 3 atom stereocenters. The first-order chi connectivity index (χ1) is 14.6. The van der Waals surface area contributed by atoms with E-state index in [1.165, 1.54) is 35.2 Å². The Bertz CT molecular complexity index is 985. The predicted octanol–water partition coefficient (Wildman–Crippen LogP) is 5.79. The number of anilines is 1. The van der Waals surface area contributed by atoms with Crippen molar-refractivity contribution in [3.8, 4) is 0 Å². The highest BCUT2D eigenvalue weighted by Gasteiger charge is 2.31. The van der Waals surface area contributed by atoms with Crippen molar-refractivity contribution in [1.82, 2.24) is 9.97 Å². The van der Waals surface area contributed by atoms with E-state index < -0.39 is 0 Å². The molecule has 1 fully saturated rings. The van der Waals surface area contributed by atoms with E-state index in [1.54, 1.807) is 6.20 Å². The Morgan fingerprint density at radius 1 is 1.17 bits per heavy atom. The van der Waals surface area contributed by atoms with Crippen LogP contribution >= 0.6 is 11.3 Å². The van der Waals surface area contributed by atoms with Gasteiger partial charge < -0.3 is 5.32 Å². The summed E-state index contributed by atoms with van der Waals surface area (Å²) in [6.07, 6.45) is 8.55. The zero-order chi connectivity index (χ0) is 20.9. The maximum atomic E-state index is 13.2. The van der Waals surface area contributed by atoms with Crippen LogP contribution in [0.25, 0.3) is 0 Å². The molecule has 30 heavy (non-hydrogen) atoms. The second-order valence-electron chi connectivity index (χ2n) is 8.38. The summed E-state index contributed by atoms with van der Waals surface area (Å²) >= 11 is 1.51. The molecular formula is C25H29N3OS. The van der Waals surface area contributed by atoms with Crippen LogP contribution in [0.1, 0.15) is 59.5 Å². The maximum Gasteiger partial charge on any atom is 0.208 e. The number of aromatic nitrogens is 2. The van der Waals surface area contributed by atoms with E-state index >= 15 is 0 Å². The molecule has 1 N–H and O–H groups in total. The highest BCUT2D eigenvalue weighted by molar-refractivity contribution is 7.12. The van der Waals surface area contributed by atoms with Crippen LogP contribution < -0.4 is 5.32 Å². The quantitative estimate of drug-likeness (QED) is 0.470. The summed E-state index contributed by atoms with van der Waals surface area (Å²) in [6.45, 7) is 4.58. The minimum absolute atomic E-state index is 0.00662. The molecule has 2 heterocycles. The van der Waals surface area contributed by atoms with E-state index in [0.29, 0.717) is 23.3 Å². The topological polar surface area (TPSA) is 54.9 Å². The standard InChI is InChI=1S/C25H29N3OS/c1-3-20-13-21(11-17(20)2)28-25-22(14-26-16-27-25)24(29)23-12-19(15-30-23)10-9-18-7-5-4-6-8-18/h4-8,12,14-17,20-21H,3,9-11,13H2,1-2H3,(H,26,27,28)/t17-,20-,21-/m0/s1. The molecule has 1 aromatic carbocycles. The fraction of sp³-hybridized carbons (Fsp3) is 0.400. The average Bonchev–Trinajstić information content (AvgIpc) is 3.39. The number of ketones is 1. The Balaban J connectivity index is 1.44. The number of thiophene rings is 1. The lowest BCUT2D eigenvalue weighted by molar-refractivity contribution is 0.104. The summed E-state index contributed by atoms with van der Waals surface area (Å²) in [5.41, 5.74) is 3.09. The van der Waals surface area contributed by atoms with Crippen molar-refractivity contribution in [3.05, 3.63) is 75.9 Å². The molecule has 0 unspecified atom stereocenters. The lowest BCUT2D eigenvalue weighted by Gasteiger charge is -2.15. The number of hydrogen-bond donors (Lipinski definition) is 1. The second kappa shape index (κ2) is 9.52. The second-order valence-corrected chi connectivity index (χ2v) is 9.29. The van der Waals surface area contributed by atoms with Gasteiger partial charge >= 0.3 is 0 Å². The summed E-state index contributed by atoms with van der Waals surface area (Å²) in [5.74, 6) is 2.13. The van der Waals surface area contributed by atoms with Gasteiger partial charge in [0.25, 0.3) is 0 Å². The molecular weight excluding hydrogens is 390 g/mol. The monoisotopic (exact) mass is 419 g/mol. The van der Waals surface area contributed by atoms with Crippen molar-refractivity contribution in [2.24, 2.45) is 11.8 Å². The molecule has 0 amide bonds. The number of carbonyl (C=O) groups excluding carboxylic acids is 1. The SMILES string of the molecule is CC[C@H]1C[C@@H](Nc2ncncc2C(=O)c2cc(CCc3ccccc3)cs2)C[C@@H]1C. The van der Waals surface area contributed by atoms with Crippen molar-refractivity contribution in [2.45, 2.75) is 52.0 Å². The number of aryl methyl sites for hydroxylation is 2. The highest BCUT2D eigenvalue weighted by atomic mass is 32.1. The minimum Gasteiger partial charge on any atom is -0.367 e. The highest BCUT2D eigenvalue weighted by Crippen LogP contribution is 2.35. The molecule has 0 aliphatic heterocycles. The summed E-state index contributed by atoms with van der Waals surface area (Å²) in [6, 6.07) is 12.8. The molecule has 2 aromatic heterocycles. The smallest absolute Gasteiger partial charge is 0.208 e. The number of hydrogen-bond acceptors (Lipinski definition) is 5. The molecule has 156 valence electrons. The molecule has 1 aliphatic rings. The van der Waals surface area contributed by atoms with E-state index in [4.69, 9.17) is 0 Å². The van der Waals surface area contributed by atoms with Gasteiger partial charge in [0.15, 0.2) is 0 Å². The summed E-state index contributed by atoms with van der Waals surface area (Å²) in [5, 5.41) is 5.64. The third-order valence-electron chi connectivity index (χ3n) is 6.29. The normalized spacial score (nSPS) is 20.9. The van der Waals surface area contributed by atoms with Gasteiger partial charge in [-0.3, -0.25) is 4.79 Å². The Kier molecular flexibility index (Phi) is 6.58. The Labute approximate surface area is 182 Å². The van der Waals surface area contributed by atoms with Crippen LogP contribution in [-0.2, 0) is 12.8 Å². The first-order valence-electron chi connectivity index (χ1n) is 10.9. The maximum absolute atomic E-state index is 13.2. The van der Waals surface area contributed by atoms with E-state index in [-0.39, 0.29) is 5.78 Å². The lowest BCUT2D eigenvalue weighted by atomic mass is 9.96. The largest absolute Gasteiger partial charge is 0.367 e. The number of benzene rings is 1. The number of nitrogens with zero attached hydrogens (tertiary/aromatic N) is 2. The zero-order valence-electron chi connectivity index (χ0n) is 17.7. The summed E-state index contributed by atoms with van der Waals surface area (Å²) in [7, 11) is 0. The van der Waals surface area contributed by atoms with E-state index in [2.05, 4.69) is 58.8 Å². The van der Waals surface area contributed by atoms with Gasteiger partial charge in [-0.25, -0.2) is 9.97 Å². The van der Waals surface area contributed by atoms with Gasteiger partial charge in [0.2, 0.25) is 5.78 Å². The van der Waals surface area contributed by atoms with Gasteiger partial charge in [0.05, 0.1) is 10.4 Å². The minimum atomic E-state index is 0.00662. The molecule has 1 saturated carbocycles. The molecule has 1 aliphatic carbocycles. The van der Waals surface area contributed by atoms with Gasteiger partial charge in [0, 0.05) is 12.2 Å². The fourth-order valence-corrected chi connectivity index (χ4v) is 5.42. The van der Waals surface area contributed by atoms with Crippen molar-refractivity contribution in [3.63, 3.8) is 0 Å². The molecule has 0 saturated heterocycles. The van der Waals surface area contributed by atoms with Gasteiger partial charge in [-0.15, -0.1) is 11.3 Å². The summed E-state index contributed by atoms with van der Waals surface area (Å²) < 4.78 is 0. The summed E-state index contributed by atoms with van der Waals surface area (Å²) in [4.78, 5) is 22.5. The van der Waals surface area contributed by atoms with Crippen molar-refractivity contribution in [1.29, 1.82) is 0 Å². The average molecular weight is 420 g/mol. The van der Waals surface area contributed by atoms with Gasteiger partial charge in [-0.2, -0.15) is 0 Å². The van der Waals surface area contributed by atoms with Crippen LogP contribution in [0.4, 0.5) is 5.82 Å². The zero-order valence-corrected chi connectivity index (χ0v) is 18.5. The van der Waals surface area contributed by atoms with E-state index in [0.717, 1.165) is 36.5 Å². The van der Waals surface area contributed by atoms with E-state index in [9.17, 15) is 4.79 Å². The Morgan fingerprint density at radius 2 is 1.97 bits per heavy atom. The van der Waals surface area contributed by atoms with Crippen LogP contribution in [0.3, 0.4) is 0 Å². The van der Waals surface area contributed by atoms with Crippen LogP contribution in [0.5, 0.6) is 0 Å². The number of carbonyl (C=O) groups is 1. The lowest BCUT2D eigenvalue weighted by Crippen LogP contribution is -2.19. The molecule has 0 bridgehead atoms. The third kappa shape index (κ3) is 4.78. The van der Waals surface area contributed by atoms with Gasteiger partial charge in [-0.05, 0) is 60.1 Å². The van der Waals surface area contributed by atoms with Gasteiger partial charge in [0.1, 0.15) is 12.1 Å². The van der Waals surface area contributed by atoms with Crippen molar-refractivity contribution >= 4 is 22.9 Å². The first-order valence-corrected chi connectivity index (χ1v) is 11.7. The van der Waals surface area contributed by atoms with Crippen LogP contribution in [0.15, 0.2) is 54.3 Å². The first kappa shape index (κ1) is 20.7. The molecule has 0 radical (unpaired) electrons. The predicted molar refractivity (Wildman–Crippen MR) is 123 cm³/mol. The van der Waals surface area contributed by atoms with Gasteiger partial charge in [-0.1, -0.05) is 50.6 Å². The fourth-order valence-electron chi connectivity index (χ4n) is 4.52. The van der Waals surface area contributed by atoms with Crippen LogP contribution in [-0.4, -0.2) is 21.8 Å². The van der Waals surface area contributed by atoms with E-state index in [1.807, 2.05) is 12.1 Å². The number of rotatable bonds is 8. The van der Waals surface area contributed by atoms with Crippen LogP contribution in [0, 0.1) is 11.8 Å². The third-order valence-corrected chi connectivity index (χ3v) is 7.27.